The van der Waals surface area contributed by atoms with Crippen LogP contribution in [0, 0.1) is 0 Å². The average Bonchev–Trinajstić information content (AvgIpc) is 2.22. The molecule has 0 spiro atoms. The van der Waals surface area contributed by atoms with Gasteiger partial charge >= 0.3 is 0 Å². The molecule has 0 bridgehead atoms. The summed E-state index contributed by atoms with van der Waals surface area (Å²) in [7, 11) is 1.47. The van der Waals surface area contributed by atoms with Gasteiger partial charge in [-0.05, 0) is 45.7 Å². The number of nitrogens with zero attached hydrogens (tertiary/aromatic N) is 2. The number of rotatable bonds is 3. The summed E-state index contributed by atoms with van der Waals surface area (Å²) >= 11 is 6.38. The third kappa shape index (κ3) is 3.23. The number of carbonyl (C=O) groups is 1. The zero-order chi connectivity index (χ0) is 12.3. The zero-order valence-corrected chi connectivity index (χ0v) is 12.2. The van der Waals surface area contributed by atoms with Gasteiger partial charge < -0.3 is 10.1 Å². The average molecular weight is 353 g/mol. The summed E-state index contributed by atoms with van der Waals surface area (Å²) in [5, 5.41) is 2.62. The van der Waals surface area contributed by atoms with Gasteiger partial charge in [-0.25, -0.2) is 9.97 Å². The van der Waals surface area contributed by atoms with Crippen molar-refractivity contribution in [3.05, 3.63) is 15.4 Å². The van der Waals surface area contributed by atoms with E-state index in [1.165, 1.54) is 13.3 Å². The van der Waals surface area contributed by atoms with Crippen molar-refractivity contribution in [3.8, 4) is 0 Å². The molecule has 0 aliphatic carbocycles. The molecule has 0 aliphatic rings. The summed E-state index contributed by atoms with van der Waals surface area (Å²) in [6.45, 7) is 3.34. The van der Waals surface area contributed by atoms with Crippen LogP contribution in [0.25, 0.3) is 0 Å². The number of aromatic nitrogens is 2. The fraction of sp³-hybridized carbons (Fsp3) is 0.444. The lowest BCUT2D eigenvalue weighted by atomic mass is 10.1. The van der Waals surface area contributed by atoms with Crippen LogP contribution < -0.4 is 5.32 Å². The molecule has 0 saturated heterocycles. The first-order valence-electron chi connectivity index (χ1n) is 4.41. The zero-order valence-electron chi connectivity index (χ0n) is 9.04. The van der Waals surface area contributed by atoms with Crippen LogP contribution in [0.3, 0.4) is 0 Å². The summed E-state index contributed by atoms with van der Waals surface area (Å²) in [5.74, 6) is 0.0747. The van der Waals surface area contributed by atoms with Gasteiger partial charge in [-0.1, -0.05) is 0 Å². The lowest BCUT2D eigenvalue weighted by Crippen LogP contribution is -2.39. The highest BCUT2D eigenvalue weighted by molar-refractivity contribution is 9.11. The maximum atomic E-state index is 11.8. The second-order valence-electron chi connectivity index (χ2n) is 3.50. The Balaban J connectivity index is 2.85. The van der Waals surface area contributed by atoms with Crippen molar-refractivity contribution in [2.45, 2.75) is 19.4 Å². The third-order valence-corrected chi connectivity index (χ3v) is 2.92. The van der Waals surface area contributed by atoms with Crippen molar-refractivity contribution in [1.29, 1.82) is 0 Å². The minimum Gasteiger partial charge on any atom is -0.369 e. The number of hydrogen-bond acceptors (Lipinski definition) is 4. The third-order valence-electron chi connectivity index (χ3n) is 1.99. The Morgan fingerprint density at radius 2 is 2.12 bits per heavy atom. The Hall–Kier alpha value is -0.530. The van der Waals surface area contributed by atoms with Gasteiger partial charge in [0.2, 0.25) is 0 Å². The van der Waals surface area contributed by atoms with Gasteiger partial charge in [0, 0.05) is 7.11 Å². The van der Waals surface area contributed by atoms with E-state index in [1.807, 2.05) is 0 Å². The van der Waals surface area contributed by atoms with Gasteiger partial charge in [-0.3, -0.25) is 4.79 Å². The monoisotopic (exact) mass is 351 g/mol. The molecule has 7 heteroatoms. The van der Waals surface area contributed by atoms with Crippen molar-refractivity contribution >= 4 is 43.6 Å². The van der Waals surface area contributed by atoms with Crippen LogP contribution in [0.4, 0.5) is 5.82 Å². The fourth-order valence-electron chi connectivity index (χ4n) is 0.781. The highest BCUT2D eigenvalue weighted by atomic mass is 79.9. The molecule has 1 aromatic rings. The number of ether oxygens (including phenoxy) is 1. The summed E-state index contributed by atoms with van der Waals surface area (Å²) < 4.78 is 6.10. The maximum absolute atomic E-state index is 11.8. The normalized spacial score (nSPS) is 11.3. The van der Waals surface area contributed by atoms with Gasteiger partial charge in [0.05, 0.1) is 6.20 Å². The Bertz CT molecular complexity index is 410. The minimum absolute atomic E-state index is 0.285. The number of hydrogen-bond donors (Lipinski definition) is 1. The first-order valence-corrected chi connectivity index (χ1v) is 6.00. The molecule has 1 aromatic heterocycles. The van der Waals surface area contributed by atoms with Crippen molar-refractivity contribution in [1.82, 2.24) is 9.97 Å². The number of nitrogens with one attached hydrogen (secondary N) is 1. The van der Waals surface area contributed by atoms with Crippen LogP contribution in [0.5, 0.6) is 0 Å². The number of carbonyl (C=O) groups excluding carboxylic acids is 1. The van der Waals surface area contributed by atoms with E-state index in [0.29, 0.717) is 15.0 Å². The Morgan fingerprint density at radius 3 is 2.62 bits per heavy atom. The van der Waals surface area contributed by atoms with Crippen LogP contribution in [0.15, 0.2) is 15.4 Å². The first-order chi connectivity index (χ1) is 7.36. The molecule has 1 rings (SSSR count). The molecule has 88 valence electrons. The standard InChI is InChI=1S/C9H11Br2N3O2/c1-9(2,16-3)8(15)14-7-6(11)13-5(10)4-12-7/h4H,1-3H3,(H,12,14,15). The van der Waals surface area contributed by atoms with Crippen molar-refractivity contribution in [3.63, 3.8) is 0 Å². The summed E-state index contributed by atoms with van der Waals surface area (Å²) in [6, 6.07) is 0. The molecule has 0 radical (unpaired) electrons. The van der Waals surface area contributed by atoms with Gasteiger partial charge in [-0.15, -0.1) is 0 Å². The van der Waals surface area contributed by atoms with Crippen LogP contribution in [0.2, 0.25) is 0 Å². The molecule has 0 aliphatic heterocycles. The van der Waals surface area contributed by atoms with Crippen LogP contribution in [-0.4, -0.2) is 28.6 Å². The van der Waals surface area contributed by atoms with Crippen molar-refractivity contribution < 1.29 is 9.53 Å². The molecule has 0 unspecified atom stereocenters. The summed E-state index contributed by atoms with van der Waals surface area (Å²) in [5.41, 5.74) is -0.909. The van der Waals surface area contributed by atoms with E-state index in [4.69, 9.17) is 4.74 Å². The highest BCUT2D eigenvalue weighted by Crippen LogP contribution is 2.21. The van der Waals surface area contributed by atoms with Crippen molar-refractivity contribution in [2.24, 2.45) is 0 Å². The first kappa shape index (κ1) is 13.5. The van der Waals surface area contributed by atoms with Gasteiger partial charge in [0.25, 0.3) is 5.91 Å². The lowest BCUT2D eigenvalue weighted by Gasteiger charge is -2.21. The SMILES string of the molecule is COC(C)(C)C(=O)Nc1ncc(Br)nc1Br. The predicted octanol–water partition coefficient (Wildman–Crippen LogP) is 2.37. The molecular weight excluding hydrogens is 342 g/mol. The number of amides is 1. The molecule has 5 nitrogen and oxygen atoms in total. The quantitative estimate of drug-likeness (QED) is 0.906. The molecule has 1 amide bonds. The predicted molar refractivity (Wildman–Crippen MR) is 67.1 cm³/mol. The van der Waals surface area contributed by atoms with Gasteiger partial charge in [-0.2, -0.15) is 0 Å². The Labute approximate surface area is 110 Å². The second-order valence-corrected chi connectivity index (χ2v) is 5.06. The molecule has 0 fully saturated rings. The van der Waals surface area contributed by atoms with E-state index >= 15 is 0 Å². The highest BCUT2D eigenvalue weighted by Gasteiger charge is 2.27. The van der Waals surface area contributed by atoms with Crippen LogP contribution >= 0.6 is 31.9 Å². The molecule has 0 saturated carbocycles. The summed E-state index contributed by atoms with van der Waals surface area (Å²) in [4.78, 5) is 19.8. The topological polar surface area (TPSA) is 64.1 Å². The molecule has 0 aromatic carbocycles. The van der Waals surface area contributed by atoms with Gasteiger partial charge in [0.1, 0.15) is 14.8 Å². The number of anilines is 1. The fourth-order valence-corrected chi connectivity index (χ4v) is 1.69. The van der Waals surface area contributed by atoms with Gasteiger partial charge in [0.15, 0.2) is 5.82 Å². The van der Waals surface area contributed by atoms with Crippen LogP contribution in [-0.2, 0) is 9.53 Å². The van der Waals surface area contributed by atoms with Crippen LogP contribution in [0.1, 0.15) is 13.8 Å². The smallest absolute Gasteiger partial charge is 0.257 e. The minimum atomic E-state index is -0.909. The van der Waals surface area contributed by atoms with E-state index in [0.717, 1.165) is 0 Å². The second kappa shape index (κ2) is 5.20. The lowest BCUT2D eigenvalue weighted by molar-refractivity contribution is -0.133. The van der Waals surface area contributed by atoms with E-state index < -0.39 is 5.60 Å². The molecular formula is C9H11Br2N3O2. The molecule has 1 heterocycles. The van der Waals surface area contributed by atoms with E-state index in [2.05, 4.69) is 47.1 Å². The molecule has 0 atom stereocenters. The number of halogens is 2. The summed E-state index contributed by atoms with van der Waals surface area (Å²) in [6.07, 6.45) is 1.50. The van der Waals surface area contributed by atoms with E-state index in [-0.39, 0.29) is 5.91 Å². The Kier molecular flexibility index (Phi) is 4.40. The molecule has 16 heavy (non-hydrogen) atoms. The number of methoxy groups -OCH3 is 1. The van der Waals surface area contributed by atoms with E-state index in [1.54, 1.807) is 13.8 Å². The molecule has 1 N–H and O–H groups in total. The maximum Gasteiger partial charge on any atom is 0.257 e. The van der Waals surface area contributed by atoms with Crippen molar-refractivity contribution in [2.75, 3.05) is 12.4 Å². The van der Waals surface area contributed by atoms with E-state index in [9.17, 15) is 4.79 Å². The largest absolute Gasteiger partial charge is 0.369 e. The Morgan fingerprint density at radius 1 is 1.50 bits per heavy atom.